The quantitative estimate of drug-likeness (QED) is 0.502. The largest absolute Gasteiger partial charge is 0.338 e. The first-order chi connectivity index (χ1) is 18.3. The van der Waals surface area contributed by atoms with Gasteiger partial charge in [-0.3, -0.25) is 14.6 Å². The van der Waals surface area contributed by atoms with Gasteiger partial charge in [-0.25, -0.2) is 9.02 Å². The van der Waals surface area contributed by atoms with Gasteiger partial charge in [0.1, 0.15) is 17.2 Å². The molecule has 3 heterocycles. The molecule has 2 amide bonds. The van der Waals surface area contributed by atoms with Gasteiger partial charge in [0.25, 0.3) is 5.91 Å². The Morgan fingerprint density at radius 2 is 1.87 bits per heavy atom. The molecule has 1 aliphatic heterocycles. The Morgan fingerprint density at radius 3 is 2.55 bits per heavy atom. The van der Waals surface area contributed by atoms with E-state index in [-0.39, 0.29) is 24.8 Å². The fourth-order valence-electron chi connectivity index (χ4n) is 4.83. The van der Waals surface area contributed by atoms with E-state index in [4.69, 9.17) is 4.63 Å². The van der Waals surface area contributed by atoms with Crippen LogP contribution in [0.4, 0.5) is 10.1 Å². The van der Waals surface area contributed by atoms with Crippen molar-refractivity contribution >= 4 is 17.5 Å². The second-order valence-electron chi connectivity index (χ2n) is 10.2. The molecule has 0 N–H and O–H groups in total. The number of aryl methyl sites for hydroxylation is 1. The van der Waals surface area contributed by atoms with Crippen LogP contribution in [0.2, 0.25) is 0 Å². The van der Waals surface area contributed by atoms with Crippen LogP contribution in [0, 0.1) is 18.7 Å². The van der Waals surface area contributed by atoms with Crippen LogP contribution in [-0.4, -0.2) is 69.6 Å². The molecule has 202 valence electrons. The summed E-state index contributed by atoms with van der Waals surface area (Å²) in [6, 6.07) is 7.85. The van der Waals surface area contributed by atoms with Gasteiger partial charge in [0, 0.05) is 44.3 Å². The predicted octanol–water partition coefficient (Wildman–Crippen LogP) is 3.88. The van der Waals surface area contributed by atoms with Crippen molar-refractivity contribution in [2.75, 3.05) is 37.6 Å². The Morgan fingerprint density at radius 1 is 1.08 bits per heavy atom. The summed E-state index contributed by atoms with van der Waals surface area (Å²) in [4.78, 5) is 37.0. The summed E-state index contributed by atoms with van der Waals surface area (Å²) >= 11 is 0. The van der Waals surface area contributed by atoms with Crippen LogP contribution in [0.5, 0.6) is 0 Å². The van der Waals surface area contributed by atoms with Crippen LogP contribution >= 0.6 is 0 Å². The molecule has 0 saturated heterocycles. The van der Waals surface area contributed by atoms with Crippen molar-refractivity contribution in [2.24, 2.45) is 5.92 Å². The number of carbonyl (C=O) groups excluding carboxylic acids is 2. The van der Waals surface area contributed by atoms with Crippen molar-refractivity contribution in [3.05, 3.63) is 71.1 Å². The number of amides is 2. The number of aromatic nitrogens is 3. The van der Waals surface area contributed by atoms with Crippen LogP contribution in [-0.2, 0) is 17.8 Å². The molecule has 2 aromatic heterocycles. The zero-order chi connectivity index (χ0) is 27.1. The van der Waals surface area contributed by atoms with Gasteiger partial charge in [0.2, 0.25) is 5.91 Å². The Hall–Kier alpha value is -3.66. The van der Waals surface area contributed by atoms with E-state index in [2.05, 4.69) is 34.0 Å². The lowest BCUT2D eigenvalue weighted by Gasteiger charge is -2.32. The highest BCUT2D eigenvalue weighted by molar-refractivity contribution is 6.06. The molecule has 0 bridgehead atoms. The molecule has 38 heavy (non-hydrogen) atoms. The fourth-order valence-corrected chi connectivity index (χ4v) is 4.83. The second kappa shape index (κ2) is 12.7. The first-order valence-electron chi connectivity index (χ1n) is 13.1. The molecule has 9 nitrogen and oxygen atoms in total. The SMILES string of the molecule is Cc1nonc1CC(=O)N1CCCN(CC(C)C)CCCN(C(=O)c2cccnc2)c2ccc(F)cc2C1. The van der Waals surface area contributed by atoms with Crippen LogP contribution in [0.3, 0.4) is 0 Å². The van der Waals surface area contributed by atoms with Gasteiger partial charge in [-0.05, 0) is 74.7 Å². The van der Waals surface area contributed by atoms with E-state index >= 15 is 0 Å². The number of halogens is 1. The lowest BCUT2D eigenvalue weighted by molar-refractivity contribution is -0.131. The van der Waals surface area contributed by atoms with E-state index < -0.39 is 5.82 Å². The summed E-state index contributed by atoms with van der Waals surface area (Å²) in [5.74, 6) is -0.297. The molecule has 4 rings (SSSR count). The smallest absolute Gasteiger partial charge is 0.259 e. The van der Waals surface area contributed by atoms with Gasteiger partial charge in [0.05, 0.1) is 12.0 Å². The van der Waals surface area contributed by atoms with Crippen molar-refractivity contribution in [3.8, 4) is 0 Å². The van der Waals surface area contributed by atoms with Crippen molar-refractivity contribution in [1.82, 2.24) is 25.1 Å². The molecule has 3 aromatic rings. The maximum Gasteiger partial charge on any atom is 0.259 e. The molecule has 0 atom stereocenters. The number of hydrogen-bond acceptors (Lipinski definition) is 7. The van der Waals surface area contributed by atoms with Gasteiger partial charge in [0.15, 0.2) is 0 Å². The van der Waals surface area contributed by atoms with Gasteiger partial charge >= 0.3 is 0 Å². The number of hydrogen-bond donors (Lipinski definition) is 0. The Balaban J connectivity index is 1.70. The molecule has 10 heteroatoms. The molecular weight excluding hydrogens is 487 g/mol. The summed E-state index contributed by atoms with van der Waals surface area (Å²) in [6.07, 6.45) is 4.73. The zero-order valence-corrected chi connectivity index (χ0v) is 22.3. The maximum absolute atomic E-state index is 14.5. The zero-order valence-electron chi connectivity index (χ0n) is 22.3. The Kier molecular flexibility index (Phi) is 9.17. The van der Waals surface area contributed by atoms with E-state index in [1.165, 1.54) is 18.3 Å². The maximum atomic E-state index is 14.5. The van der Waals surface area contributed by atoms with Gasteiger partial charge in [-0.15, -0.1) is 0 Å². The van der Waals surface area contributed by atoms with Crippen molar-refractivity contribution < 1.29 is 18.6 Å². The van der Waals surface area contributed by atoms with Crippen LogP contribution in [0.1, 0.15) is 54.0 Å². The molecule has 0 spiro atoms. The standard InChI is InChI=1S/C28H35FN6O3/c1-20(2)18-33-11-5-13-34(27(36)16-25-21(3)31-38-32-25)19-23-15-24(29)8-9-26(23)35(14-6-12-33)28(37)22-7-4-10-30-17-22/h4,7-10,15,17,20H,5-6,11-14,16,18-19H2,1-3H3. The summed E-state index contributed by atoms with van der Waals surface area (Å²) in [5.41, 5.74) is 2.67. The van der Waals surface area contributed by atoms with Crippen LogP contribution in [0.15, 0.2) is 47.4 Å². The third kappa shape index (κ3) is 7.00. The average molecular weight is 523 g/mol. The van der Waals surface area contributed by atoms with E-state index in [0.717, 1.165) is 32.5 Å². The first-order valence-corrected chi connectivity index (χ1v) is 13.1. The molecule has 0 saturated carbocycles. The number of fused-ring (bicyclic) bond motifs is 1. The second-order valence-corrected chi connectivity index (χ2v) is 10.2. The average Bonchev–Trinajstić information content (AvgIpc) is 3.29. The molecular formula is C28H35FN6O3. The minimum atomic E-state index is -0.420. The Bertz CT molecular complexity index is 1230. The van der Waals surface area contributed by atoms with Crippen molar-refractivity contribution in [2.45, 2.75) is 46.6 Å². The number of anilines is 1. The summed E-state index contributed by atoms with van der Waals surface area (Å²) in [7, 11) is 0. The fraction of sp³-hybridized carbons (Fsp3) is 0.464. The topological polar surface area (TPSA) is 95.7 Å². The minimum Gasteiger partial charge on any atom is -0.338 e. The number of benzene rings is 1. The molecule has 0 aliphatic carbocycles. The van der Waals surface area contributed by atoms with E-state index in [1.54, 1.807) is 41.1 Å². The third-order valence-electron chi connectivity index (χ3n) is 6.65. The number of rotatable bonds is 5. The van der Waals surface area contributed by atoms with Crippen LogP contribution in [0.25, 0.3) is 0 Å². The summed E-state index contributed by atoms with van der Waals surface area (Å²) in [6.45, 7) is 9.77. The molecule has 0 fully saturated rings. The number of pyridine rings is 1. The highest BCUT2D eigenvalue weighted by atomic mass is 19.1. The van der Waals surface area contributed by atoms with Crippen LogP contribution < -0.4 is 4.90 Å². The predicted molar refractivity (Wildman–Crippen MR) is 141 cm³/mol. The van der Waals surface area contributed by atoms with Gasteiger partial charge < -0.3 is 14.7 Å². The van der Waals surface area contributed by atoms with Crippen molar-refractivity contribution in [3.63, 3.8) is 0 Å². The summed E-state index contributed by atoms with van der Waals surface area (Å²) in [5, 5.41) is 7.64. The lowest BCUT2D eigenvalue weighted by Crippen LogP contribution is -2.40. The van der Waals surface area contributed by atoms with Crippen molar-refractivity contribution in [1.29, 1.82) is 0 Å². The van der Waals surface area contributed by atoms with Gasteiger partial charge in [-0.2, -0.15) is 0 Å². The highest BCUT2D eigenvalue weighted by Gasteiger charge is 2.25. The minimum absolute atomic E-state index is 0.0357. The normalized spacial score (nSPS) is 15.6. The lowest BCUT2D eigenvalue weighted by atomic mass is 10.1. The number of nitrogens with zero attached hydrogens (tertiary/aromatic N) is 6. The molecule has 0 unspecified atom stereocenters. The summed E-state index contributed by atoms with van der Waals surface area (Å²) < 4.78 is 19.3. The Labute approximate surface area is 222 Å². The van der Waals surface area contributed by atoms with E-state index in [1.807, 2.05) is 0 Å². The molecule has 0 radical (unpaired) electrons. The first kappa shape index (κ1) is 27.4. The molecule has 1 aromatic carbocycles. The van der Waals surface area contributed by atoms with E-state index in [0.29, 0.717) is 47.2 Å². The third-order valence-corrected chi connectivity index (χ3v) is 6.65. The van der Waals surface area contributed by atoms with E-state index in [9.17, 15) is 14.0 Å². The molecule has 1 aliphatic rings. The number of carbonyl (C=O) groups is 2. The van der Waals surface area contributed by atoms with Gasteiger partial charge in [-0.1, -0.05) is 24.2 Å². The monoisotopic (exact) mass is 522 g/mol. The highest BCUT2D eigenvalue weighted by Crippen LogP contribution is 2.27.